The van der Waals surface area contributed by atoms with Gasteiger partial charge in [0, 0.05) is 16.6 Å². The van der Waals surface area contributed by atoms with E-state index in [0.717, 1.165) is 29.7 Å². The molecule has 1 aromatic carbocycles. The Morgan fingerprint density at radius 2 is 2.00 bits per heavy atom. The number of hydrogen-bond donors (Lipinski definition) is 2. The van der Waals surface area contributed by atoms with Gasteiger partial charge in [-0.1, -0.05) is 24.6 Å². The van der Waals surface area contributed by atoms with Crippen LogP contribution in [0.2, 0.25) is 0 Å². The average Bonchev–Trinajstić information content (AvgIpc) is 2.82. The lowest BCUT2D eigenvalue weighted by atomic mass is 10.0. The molecule has 0 fully saturated rings. The maximum atomic E-state index is 11.6. The van der Waals surface area contributed by atoms with Gasteiger partial charge in [0.2, 0.25) is 0 Å². The number of carbonyl (C=O) groups excluding carboxylic acids is 1. The highest BCUT2D eigenvalue weighted by molar-refractivity contribution is 8.00. The monoisotopic (exact) mass is 334 g/mol. The number of Topliss-reactive ketones (excluding diaryl/α,β-unsaturated/α-hetero) is 1. The molecule has 0 saturated carbocycles. The fourth-order valence-corrected chi connectivity index (χ4v) is 3.91. The summed E-state index contributed by atoms with van der Waals surface area (Å²) in [5, 5.41) is 18.5. The Balaban J connectivity index is 1.78. The van der Waals surface area contributed by atoms with E-state index in [1.54, 1.807) is 17.8 Å². The number of benzene rings is 1. The number of aliphatic carboxylic acids is 1. The van der Waals surface area contributed by atoms with E-state index in [2.05, 4.69) is 0 Å². The van der Waals surface area contributed by atoms with Crippen LogP contribution in [0.15, 0.2) is 46.9 Å². The van der Waals surface area contributed by atoms with Crippen LogP contribution in [0.5, 0.6) is 0 Å². The van der Waals surface area contributed by atoms with Crippen LogP contribution in [0.25, 0.3) is 0 Å². The molecule has 2 atom stereocenters. The van der Waals surface area contributed by atoms with Gasteiger partial charge in [-0.25, -0.2) is 0 Å². The van der Waals surface area contributed by atoms with Crippen LogP contribution in [0.3, 0.4) is 0 Å². The van der Waals surface area contributed by atoms with E-state index < -0.39 is 12.1 Å². The molecule has 4 nitrogen and oxygen atoms in total. The Labute approximate surface area is 140 Å². The van der Waals surface area contributed by atoms with Crippen LogP contribution in [0.1, 0.15) is 38.5 Å². The molecule has 23 heavy (non-hydrogen) atoms. The highest BCUT2D eigenvalue weighted by Crippen LogP contribution is 2.29. The van der Waals surface area contributed by atoms with Gasteiger partial charge in [0.25, 0.3) is 0 Å². The quantitative estimate of drug-likeness (QED) is 0.534. The first-order chi connectivity index (χ1) is 11.0. The number of carboxylic acid groups (broad SMARTS) is 1. The van der Waals surface area contributed by atoms with Crippen molar-refractivity contribution in [2.24, 2.45) is 0 Å². The Kier molecular flexibility index (Phi) is 6.86. The average molecular weight is 334 g/mol. The van der Waals surface area contributed by atoms with E-state index in [4.69, 9.17) is 5.11 Å². The third-order valence-corrected chi connectivity index (χ3v) is 5.10. The highest BCUT2D eigenvalue weighted by Gasteiger charge is 2.21. The number of thioether (sulfide) groups is 1. The Morgan fingerprint density at radius 3 is 2.61 bits per heavy atom. The van der Waals surface area contributed by atoms with Crippen molar-refractivity contribution >= 4 is 23.5 Å². The van der Waals surface area contributed by atoms with E-state index in [1.165, 1.54) is 0 Å². The largest absolute Gasteiger partial charge is 0.481 e. The zero-order chi connectivity index (χ0) is 16.7. The summed E-state index contributed by atoms with van der Waals surface area (Å²) in [6.07, 6.45) is 4.57. The van der Waals surface area contributed by atoms with E-state index in [9.17, 15) is 14.7 Å². The van der Waals surface area contributed by atoms with Crippen LogP contribution in [-0.4, -0.2) is 33.3 Å². The van der Waals surface area contributed by atoms with Crippen LogP contribution >= 0.6 is 11.8 Å². The summed E-state index contributed by atoms with van der Waals surface area (Å²) in [7, 11) is 0. The molecular weight excluding hydrogens is 312 g/mol. The zero-order valence-corrected chi connectivity index (χ0v) is 13.8. The number of aliphatic hydroxyl groups is 1. The minimum Gasteiger partial charge on any atom is -0.481 e. The van der Waals surface area contributed by atoms with Gasteiger partial charge in [-0.3, -0.25) is 9.59 Å². The number of unbranched alkanes of at least 4 members (excludes halogenated alkanes) is 1. The maximum Gasteiger partial charge on any atom is 0.304 e. The Morgan fingerprint density at radius 1 is 1.26 bits per heavy atom. The second-order valence-corrected chi connectivity index (χ2v) is 7.16. The minimum absolute atomic E-state index is 0.0359. The first-order valence-corrected chi connectivity index (χ1v) is 8.78. The summed E-state index contributed by atoms with van der Waals surface area (Å²) >= 11 is 1.60. The number of carbonyl (C=O) groups is 2. The van der Waals surface area contributed by atoms with Gasteiger partial charge in [0.15, 0.2) is 5.78 Å². The smallest absolute Gasteiger partial charge is 0.304 e. The third-order valence-electron chi connectivity index (χ3n) is 3.82. The lowest BCUT2D eigenvalue weighted by Gasteiger charge is -2.14. The first kappa shape index (κ1) is 17.8. The predicted octanol–water partition coefficient (Wildman–Crippen LogP) is 3.44. The lowest BCUT2D eigenvalue weighted by Crippen LogP contribution is -2.10. The summed E-state index contributed by atoms with van der Waals surface area (Å²) in [6, 6.07) is 9.82. The number of aliphatic hydroxyl groups excluding tert-OH is 1. The normalized spacial score (nSPS) is 18.7. The Bertz CT molecular complexity index is 568. The van der Waals surface area contributed by atoms with Crippen molar-refractivity contribution in [3.63, 3.8) is 0 Å². The molecule has 1 aromatic rings. The topological polar surface area (TPSA) is 74.6 Å². The molecule has 1 aliphatic rings. The first-order valence-electron chi connectivity index (χ1n) is 7.90. The molecule has 0 amide bonds. The number of carboxylic acids is 1. The number of allylic oxidation sites excluding steroid dienone is 1. The van der Waals surface area contributed by atoms with E-state index in [1.807, 2.05) is 30.3 Å². The van der Waals surface area contributed by atoms with Gasteiger partial charge in [-0.05, 0) is 43.0 Å². The van der Waals surface area contributed by atoms with Crippen LogP contribution in [-0.2, 0) is 9.59 Å². The van der Waals surface area contributed by atoms with Crippen molar-refractivity contribution in [2.75, 3.05) is 0 Å². The van der Waals surface area contributed by atoms with E-state index in [0.29, 0.717) is 6.42 Å². The predicted molar refractivity (Wildman–Crippen MR) is 90.5 cm³/mol. The molecule has 0 bridgehead atoms. The molecule has 1 aliphatic carbocycles. The van der Waals surface area contributed by atoms with Gasteiger partial charge in [0.05, 0.1) is 12.5 Å². The van der Waals surface area contributed by atoms with Crippen molar-refractivity contribution in [2.45, 2.75) is 54.8 Å². The molecule has 2 N–H and O–H groups in total. The van der Waals surface area contributed by atoms with Crippen molar-refractivity contribution < 1.29 is 19.8 Å². The molecule has 0 heterocycles. The fourth-order valence-electron chi connectivity index (χ4n) is 2.70. The van der Waals surface area contributed by atoms with Crippen molar-refractivity contribution in [3.05, 3.63) is 42.0 Å². The van der Waals surface area contributed by atoms with Crippen molar-refractivity contribution in [1.82, 2.24) is 0 Å². The summed E-state index contributed by atoms with van der Waals surface area (Å²) in [5.74, 6) is -0.742. The molecule has 0 radical (unpaired) electrons. The molecular formula is C18H22O4S. The summed E-state index contributed by atoms with van der Waals surface area (Å²) in [4.78, 5) is 23.7. The van der Waals surface area contributed by atoms with E-state index in [-0.39, 0.29) is 23.9 Å². The van der Waals surface area contributed by atoms with Gasteiger partial charge < -0.3 is 10.2 Å². The van der Waals surface area contributed by atoms with Gasteiger partial charge >= 0.3 is 5.97 Å². The van der Waals surface area contributed by atoms with Crippen molar-refractivity contribution in [1.29, 1.82) is 0 Å². The molecule has 0 saturated heterocycles. The fraction of sp³-hybridized carbons (Fsp3) is 0.444. The van der Waals surface area contributed by atoms with Crippen LogP contribution in [0, 0.1) is 0 Å². The van der Waals surface area contributed by atoms with E-state index >= 15 is 0 Å². The third kappa shape index (κ3) is 6.20. The zero-order valence-electron chi connectivity index (χ0n) is 13.0. The number of ketones is 1. The summed E-state index contributed by atoms with van der Waals surface area (Å²) in [6.45, 7) is 0. The maximum absolute atomic E-state index is 11.6. The summed E-state index contributed by atoms with van der Waals surface area (Å²) < 4.78 is 0. The number of rotatable bonds is 9. The highest BCUT2D eigenvalue weighted by atomic mass is 32.2. The lowest BCUT2D eigenvalue weighted by molar-refractivity contribution is -0.137. The van der Waals surface area contributed by atoms with Crippen LogP contribution in [0.4, 0.5) is 0 Å². The second-order valence-electron chi connectivity index (χ2n) is 5.78. The molecule has 2 unspecified atom stereocenters. The van der Waals surface area contributed by atoms with Gasteiger partial charge in [-0.15, -0.1) is 11.8 Å². The molecule has 0 aromatic heterocycles. The molecule has 2 rings (SSSR count). The molecule has 0 aliphatic heterocycles. The van der Waals surface area contributed by atoms with Gasteiger partial charge in [0.1, 0.15) is 0 Å². The Hall–Kier alpha value is -1.59. The molecule has 5 heteroatoms. The molecule has 124 valence electrons. The molecule has 0 spiro atoms. The minimum atomic E-state index is -0.782. The van der Waals surface area contributed by atoms with Crippen LogP contribution < -0.4 is 0 Å². The van der Waals surface area contributed by atoms with Crippen molar-refractivity contribution in [3.8, 4) is 0 Å². The number of hydrogen-bond acceptors (Lipinski definition) is 4. The standard InChI is InChI=1S/C18H22O4S/c19-14-10-13(17(20)11-14)6-4-5-9-16(12-18(21)22)23-15-7-2-1-3-8-15/h1-3,7-8,10,14,16,19H,4-6,9,11-12H2,(H,21,22). The SMILES string of the molecule is O=C(O)CC(CCCCC1=CC(O)CC1=O)Sc1ccccc1. The second kappa shape index (κ2) is 8.89. The summed E-state index contributed by atoms with van der Waals surface area (Å²) in [5.41, 5.74) is 0.725. The van der Waals surface area contributed by atoms with Gasteiger partial charge in [-0.2, -0.15) is 0 Å².